The largest absolute Gasteiger partial charge is 0.341 e. The first kappa shape index (κ1) is 31.4. The number of halogens is 1. The van der Waals surface area contributed by atoms with E-state index in [9.17, 15) is 14.4 Å². The summed E-state index contributed by atoms with van der Waals surface area (Å²) < 4.78 is 3.08. The van der Waals surface area contributed by atoms with Crippen LogP contribution in [-0.4, -0.2) is 62.2 Å². The van der Waals surface area contributed by atoms with E-state index < -0.39 is 12.1 Å². The number of urea groups is 1. The van der Waals surface area contributed by atoms with Crippen molar-refractivity contribution in [1.29, 1.82) is 0 Å². The van der Waals surface area contributed by atoms with E-state index in [1.165, 1.54) is 23.6 Å². The Bertz CT molecular complexity index is 1170. The summed E-state index contributed by atoms with van der Waals surface area (Å²) in [7, 11) is 1.90. The number of ketones is 1. The molecule has 0 radical (unpaired) electrons. The third kappa shape index (κ3) is 7.86. The van der Waals surface area contributed by atoms with Crippen molar-refractivity contribution < 1.29 is 14.4 Å². The molecule has 1 saturated heterocycles. The van der Waals surface area contributed by atoms with Gasteiger partial charge in [-0.1, -0.05) is 62.7 Å². The van der Waals surface area contributed by atoms with Gasteiger partial charge in [-0.15, -0.1) is 0 Å². The Balaban J connectivity index is 1.46. The zero-order valence-electron chi connectivity index (χ0n) is 24.4. The molecule has 2 aliphatic rings. The minimum atomic E-state index is -0.803. The predicted molar refractivity (Wildman–Crippen MR) is 165 cm³/mol. The fourth-order valence-electron chi connectivity index (χ4n) is 6.62. The van der Waals surface area contributed by atoms with Gasteiger partial charge in [0.25, 0.3) is 0 Å². The fourth-order valence-corrected chi connectivity index (χ4v) is 7.00. The summed E-state index contributed by atoms with van der Waals surface area (Å²) in [6, 6.07) is 6.08. The van der Waals surface area contributed by atoms with Crippen LogP contribution in [0.15, 0.2) is 36.8 Å². The summed E-state index contributed by atoms with van der Waals surface area (Å²) in [5.74, 6) is 0.638. The van der Waals surface area contributed by atoms with Gasteiger partial charge in [-0.3, -0.25) is 13.9 Å². The zero-order valence-corrected chi connectivity index (χ0v) is 26.0. The molecule has 2 fully saturated rings. The third-order valence-electron chi connectivity index (χ3n) is 8.93. The highest BCUT2D eigenvalue weighted by atomic mass is 35.5. The van der Waals surface area contributed by atoms with Crippen LogP contribution in [0, 0.1) is 11.3 Å². The second kappa shape index (κ2) is 14.6. The second-order valence-electron chi connectivity index (χ2n) is 11.7. The third-order valence-corrected chi connectivity index (χ3v) is 9.65. The molecule has 1 aromatic carbocycles. The number of nitrogens with zero attached hydrogens (tertiary/aromatic N) is 4. The molecule has 4 rings (SSSR count). The van der Waals surface area contributed by atoms with Gasteiger partial charge in [0.2, 0.25) is 5.91 Å². The van der Waals surface area contributed by atoms with Crippen molar-refractivity contribution in [1.82, 2.24) is 24.1 Å². The molecule has 0 unspecified atom stereocenters. The molecule has 2 heterocycles. The van der Waals surface area contributed by atoms with E-state index in [4.69, 9.17) is 11.6 Å². The minimum Gasteiger partial charge on any atom is -0.341 e. The van der Waals surface area contributed by atoms with Crippen molar-refractivity contribution in [2.45, 2.75) is 83.6 Å². The van der Waals surface area contributed by atoms with Gasteiger partial charge in [0.05, 0.1) is 12.0 Å². The Hall–Kier alpha value is -2.52. The standard InChI is InChI=1S/C31H44ClN5O3S/c1-3-7-28(38)31(24-8-5-4-6-9-24)15-18-36(19-16-31)29(39)27(20-23-10-12-25(32)13-11-23)37(41)30(40)33-17-14-26-21-35(2)22-34-26/h10-13,21-22,24,27,41H,3-9,14-20H2,1-2H3,(H,33,40)/t27-/m1/s1. The van der Waals surface area contributed by atoms with Gasteiger partial charge in [0.15, 0.2) is 0 Å². The number of carbonyl (C=O) groups is 3. The summed E-state index contributed by atoms with van der Waals surface area (Å²) in [6.45, 7) is 3.48. The predicted octanol–water partition coefficient (Wildman–Crippen LogP) is 5.64. The van der Waals surface area contributed by atoms with Gasteiger partial charge in [0.1, 0.15) is 11.8 Å². The van der Waals surface area contributed by atoms with Crippen LogP contribution in [0.1, 0.15) is 76.0 Å². The molecule has 0 bridgehead atoms. The molecular weight excluding hydrogens is 558 g/mol. The molecular formula is C31H44ClN5O3S. The van der Waals surface area contributed by atoms with Crippen LogP contribution in [0.5, 0.6) is 0 Å². The summed E-state index contributed by atoms with van der Waals surface area (Å²) in [5.41, 5.74) is 1.43. The number of piperidine rings is 1. The molecule has 1 aromatic heterocycles. The maximum atomic E-state index is 14.0. The molecule has 1 aliphatic heterocycles. The number of Topliss-reactive ketones (excluding diaryl/α,β-unsaturated/α-hetero) is 1. The van der Waals surface area contributed by atoms with Crippen molar-refractivity contribution in [2.75, 3.05) is 19.6 Å². The number of amides is 3. The molecule has 1 saturated carbocycles. The zero-order chi connectivity index (χ0) is 29.4. The summed E-state index contributed by atoms with van der Waals surface area (Å²) in [6.07, 6.45) is 13.2. The van der Waals surface area contributed by atoms with Crippen LogP contribution < -0.4 is 5.32 Å². The number of benzene rings is 1. The number of aromatic nitrogens is 2. The number of likely N-dealkylation sites (tertiary alicyclic amines) is 1. The number of hydrogen-bond donors (Lipinski definition) is 2. The summed E-state index contributed by atoms with van der Waals surface area (Å²) >= 11 is 10.6. The number of imidazole rings is 1. The van der Waals surface area contributed by atoms with E-state index in [1.807, 2.05) is 34.8 Å². The highest BCUT2D eigenvalue weighted by Crippen LogP contribution is 2.47. The lowest BCUT2D eigenvalue weighted by molar-refractivity contribution is -0.145. The van der Waals surface area contributed by atoms with E-state index in [0.717, 1.165) is 30.5 Å². The molecule has 41 heavy (non-hydrogen) atoms. The molecule has 10 heteroatoms. The molecule has 224 valence electrons. The topological polar surface area (TPSA) is 87.5 Å². The van der Waals surface area contributed by atoms with Crippen molar-refractivity contribution in [3.05, 3.63) is 53.1 Å². The number of nitrogens with one attached hydrogen (secondary N) is 1. The van der Waals surface area contributed by atoms with E-state index in [0.29, 0.717) is 68.5 Å². The number of rotatable bonds is 11. The molecule has 2 aromatic rings. The second-order valence-corrected chi connectivity index (χ2v) is 12.6. The monoisotopic (exact) mass is 601 g/mol. The highest BCUT2D eigenvalue weighted by molar-refractivity contribution is 7.78. The molecule has 1 N–H and O–H groups in total. The smallest absolute Gasteiger partial charge is 0.327 e. The van der Waals surface area contributed by atoms with Crippen LogP contribution in [0.3, 0.4) is 0 Å². The van der Waals surface area contributed by atoms with Crippen LogP contribution in [0.4, 0.5) is 4.79 Å². The molecule has 1 aliphatic carbocycles. The normalized spacial score (nSPS) is 18.1. The van der Waals surface area contributed by atoms with Crippen molar-refractivity contribution in [2.24, 2.45) is 18.4 Å². The lowest BCUT2D eigenvalue weighted by Crippen LogP contribution is -2.55. The lowest BCUT2D eigenvalue weighted by Gasteiger charge is -2.47. The first-order chi connectivity index (χ1) is 19.7. The van der Waals surface area contributed by atoms with Crippen LogP contribution >= 0.6 is 24.4 Å². The Morgan fingerprint density at radius 1 is 1.15 bits per heavy atom. The van der Waals surface area contributed by atoms with E-state index in [-0.39, 0.29) is 11.3 Å². The van der Waals surface area contributed by atoms with Gasteiger partial charge in [-0.05, 0) is 55.7 Å². The lowest BCUT2D eigenvalue weighted by atomic mass is 9.61. The van der Waals surface area contributed by atoms with Crippen LogP contribution in [0.25, 0.3) is 0 Å². The number of thiol groups is 1. The Kier molecular flexibility index (Phi) is 11.2. The van der Waals surface area contributed by atoms with E-state index >= 15 is 0 Å². The maximum absolute atomic E-state index is 14.0. The summed E-state index contributed by atoms with van der Waals surface area (Å²) in [4.78, 5) is 46.8. The number of carbonyl (C=O) groups excluding carboxylic acids is 3. The average Bonchev–Trinajstić information content (AvgIpc) is 3.41. The van der Waals surface area contributed by atoms with Gasteiger partial charge in [-0.2, -0.15) is 0 Å². The van der Waals surface area contributed by atoms with Gasteiger partial charge < -0.3 is 14.8 Å². The molecule has 3 amide bonds. The molecule has 1 atom stereocenters. The van der Waals surface area contributed by atoms with E-state index in [2.05, 4.69) is 30.0 Å². The first-order valence-electron chi connectivity index (χ1n) is 15.0. The Morgan fingerprint density at radius 2 is 1.83 bits per heavy atom. The Morgan fingerprint density at radius 3 is 2.44 bits per heavy atom. The fraction of sp³-hybridized carbons (Fsp3) is 0.613. The van der Waals surface area contributed by atoms with Gasteiger partial charge in [0, 0.05) is 62.6 Å². The number of hydrogen-bond acceptors (Lipinski definition) is 5. The Labute approximate surface area is 254 Å². The van der Waals surface area contributed by atoms with Crippen molar-refractivity contribution >= 4 is 42.1 Å². The first-order valence-corrected chi connectivity index (χ1v) is 15.8. The molecule has 0 spiro atoms. The van der Waals surface area contributed by atoms with Gasteiger partial charge >= 0.3 is 6.03 Å². The number of aryl methyl sites for hydroxylation is 1. The van der Waals surface area contributed by atoms with Crippen molar-refractivity contribution in [3.8, 4) is 0 Å². The van der Waals surface area contributed by atoms with Crippen LogP contribution in [-0.2, 0) is 29.5 Å². The van der Waals surface area contributed by atoms with Crippen molar-refractivity contribution in [3.63, 3.8) is 0 Å². The van der Waals surface area contributed by atoms with Crippen LogP contribution in [0.2, 0.25) is 5.02 Å². The highest BCUT2D eigenvalue weighted by Gasteiger charge is 2.47. The minimum absolute atomic E-state index is 0.144. The maximum Gasteiger partial charge on any atom is 0.327 e. The average molecular weight is 602 g/mol. The quantitative estimate of drug-likeness (QED) is 0.326. The van der Waals surface area contributed by atoms with E-state index in [1.54, 1.807) is 18.5 Å². The molecule has 8 nitrogen and oxygen atoms in total. The summed E-state index contributed by atoms with van der Waals surface area (Å²) in [5, 5.41) is 3.49. The SMILES string of the molecule is CCCC(=O)C1(C2CCCCC2)CCN(C(=O)[C@@H](Cc2ccc(Cl)cc2)N(S)C(=O)NCCc2cn(C)cn2)CC1. The van der Waals surface area contributed by atoms with Gasteiger partial charge in [-0.25, -0.2) is 9.78 Å².